The monoisotopic (exact) mass is 771 g/mol. The van der Waals surface area contributed by atoms with Crippen molar-refractivity contribution in [1.82, 2.24) is 0 Å². The van der Waals surface area contributed by atoms with Crippen molar-refractivity contribution in [2.45, 2.75) is 180 Å². The van der Waals surface area contributed by atoms with Gasteiger partial charge in [0.05, 0.1) is 25.4 Å². The van der Waals surface area contributed by atoms with Gasteiger partial charge in [-0.15, -0.1) is 28.7 Å². The van der Waals surface area contributed by atoms with Crippen LogP contribution in [0.1, 0.15) is 111 Å². The minimum atomic E-state index is -3.20. The fourth-order valence-electron chi connectivity index (χ4n) is 6.61. The Balaban J connectivity index is 4.11. The predicted molar refractivity (Wildman–Crippen MR) is 206 cm³/mol. The lowest BCUT2D eigenvalue weighted by Crippen LogP contribution is -2.67. The molecule has 15 heteroatoms. The number of rotatable bonds is 20. The summed E-state index contributed by atoms with van der Waals surface area (Å²) in [5.41, 5.74) is 10.4. The van der Waals surface area contributed by atoms with Crippen molar-refractivity contribution < 1.29 is 26.6 Å². The van der Waals surface area contributed by atoms with Crippen LogP contribution in [0.5, 0.6) is 0 Å². The topological polar surface area (TPSA) is 104 Å². The number of halogens is 2. The quantitative estimate of drug-likeness (QED) is 0.0305. The second kappa shape index (κ2) is 18.7. The number of azide groups is 1. The van der Waals surface area contributed by atoms with Crippen LogP contribution in [0.4, 0.5) is 0 Å². The summed E-state index contributed by atoms with van der Waals surface area (Å²) in [4.78, 5) is 3.23. The molecule has 1 fully saturated rings. The van der Waals surface area contributed by atoms with Gasteiger partial charge in [-0.25, -0.2) is 0 Å². The molecule has 0 radical (unpaired) electrons. The predicted octanol–water partition coefficient (Wildman–Crippen LogP) is 11.6. The van der Waals surface area contributed by atoms with Crippen LogP contribution in [0, 0.1) is 0 Å². The molecule has 0 aromatic carbocycles. The third kappa shape index (κ3) is 10.2. The van der Waals surface area contributed by atoms with Crippen LogP contribution in [0.15, 0.2) is 17.8 Å². The van der Waals surface area contributed by atoms with Gasteiger partial charge in [-0.3, -0.25) is 0 Å². The highest BCUT2D eigenvalue weighted by atomic mass is 35.6. The summed E-state index contributed by atoms with van der Waals surface area (Å²) in [6.07, 6.45) is -0.709. The highest BCUT2D eigenvalue weighted by Crippen LogP contribution is 2.49. The van der Waals surface area contributed by atoms with Gasteiger partial charge in [0, 0.05) is 4.91 Å². The van der Waals surface area contributed by atoms with Crippen LogP contribution >= 0.6 is 22.2 Å². The maximum Gasteiger partial charge on any atom is 0.334 e. The van der Waals surface area contributed by atoms with Gasteiger partial charge in [-0.05, 0) is 49.9 Å². The molecule has 1 saturated heterocycles. The van der Waals surface area contributed by atoms with Crippen molar-refractivity contribution in [2.75, 3.05) is 13.2 Å². The number of ether oxygens (including phenoxy) is 2. The molecular formula is C32H67Cl2N3O6Si4. The molecule has 0 aromatic rings. The largest absolute Gasteiger partial charge is 0.423 e. The standard InChI is InChI=1S/C32H67Cl2N3O6Si4/c1-18-19-38-32-31(41-47(27(14)15,28(16)17)43-45(34,23(6)7)24(8)9)30(29(20-39-32)36-37-35)40-46(25(10)11,26(12)13)42-44(33,21(2)3)22(4)5/h18,21-32H,1,19-20H2,2-17H3/t29-,30-,31+,32-/m0/s1. The first-order valence-electron chi connectivity index (χ1n) is 17.6. The first kappa shape index (κ1) is 45.3. The molecular weight excluding hydrogens is 706 g/mol. The Morgan fingerprint density at radius 2 is 1.06 bits per heavy atom. The molecule has 0 aromatic heterocycles. The molecule has 276 valence electrons. The van der Waals surface area contributed by atoms with Crippen LogP contribution in [-0.2, 0) is 26.6 Å². The lowest BCUT2D eigenvalue weighted by molar-refractivity contribution is -0.240. The summed E-state index contributed by atoms with van der Waals surface area (Å²) in [5, 5.41) is 4.23. The molecule has 0 N–H and O–H groups in total. The zero-order valence-electron chi connectivity index (χ0n) is 32.2. The van der Waals surface area contributed by atoms with Gasteiger partial charge in [0.2, 0.25) is 0 Å². The molecule has 1 rings (SSSR count). The van der Waals surface area contributed by atoms with Crippen molar-refractivity contribution in [1.29, 1.82) is 0 Å². The Hall–Kier alpha value is 0.258. The number of hydrogen-bond donors (Lipinski definition) is 0. The van der Waals surface area contributed by atoms with Gasteiger partial charge < -0.3 is 26.6 Å². The molecule has 1 aliphatic rings. The summed E-state index contributed by atoms with van der Waals surface area (Å²) in [6.45, 7) is 38.4. The summed E-state index contributed by atoms with van der Waals surface area (Å²) < 4.78 is 42.1. The van der Waals surface area contributed by atoms with E-state index in [1.54, 1.807) is 6.08 Å². The molecule has 0 bridgehead atoms. The van der Waals surface area contributed by atoms with E-state index in [1.165, 1.54) is 0 Å². The summed E-state index contributed by atoms with van der Waals surface area (Å²) >= 11 is 15.1. The van der Waals surface area contributed by atoms with Crippen molar-refractivity contribution in [2.24, 2.45) is 5.11 Å². The Bertz CT molecular complexity index is 999. The van der Waals surface area contributed by atoms with Gasteiger partial charge in [0.1, 0.15) is 6.10 Å². The fourth-order valence-corrected chi connectivity index (χ4v) is 28.4. The molecule has 0 unspecified atom stereocenters. The van der Waals surface area contributed by atoms with Crippen LogP contribution in [0.3, 0.4) is 0 Å². The normalized spacial score (nSPS) is 22.1. The van der Waals surface area contributed by atoms with Gasteiger partial charge in [-0.2, -0.15) is 0 Å². The Morgan fingerprint density at radius 1 is 0.702 bits per heavy atom. The molecule has 0 amide bonds. The van der Waals surface area contributed by atoms with E-state index in [4.69, 9.17) is 48.7 Å². The molecule has 4 atom stereocenters. The minimum absolute atomic E-state index is 0.0180. The maximum atomic E-state index is 9.76. The summed E-state index contributed by atoms with van der Waals surface area (Å²) in [7, 11) is -12.1. The SMILES string of the molecule is C=CCO[C@H]1OC[C@H](N=[N+]=[N-])[C@H](O[Si](O[Si](Cl)(C(C)C)C(C)C)(C(C)C)C(C)C)[C@H]1O[Si](O[Si](Cl)(C(C)C)C(C)C)(C(C)C)C(C)C. The maximum absolute atomic E-state index is 9.76. The third-order valence-electron chi connectivity index (χ3n) is 9.62. The molecule has 0 aliphatic carbocycles. The van der Waals surface area contributed by atoms with E-state index in [0.29, 0.717) is 0 Å². The zero-order valence-corrected chi connectivity index (χ0v) is 37.7. The Kier molecular flexibility index (Phi) is 18.0. The molecule has 9 nitrogen and oxygen atoms in total. The zero-order chi connectivity index (χ0) is 36.7. The van der Waals surface area contributed by atoms with E-state index >= 15 is 0 Å². The Labute approximate surface area is 300 Å². The van der Waals surface area contributed by atoms with Crippen molar-refractivity contribution in [3.8, 4) is 0 Å². The van der Waals surface area contributed by atoms with Crippen molar-refractivity contribution in [3.05, 3.63) is 23.1 Å². The van der Waals surface area contributed by atoms with Crippen LogP contribution in [0.2, 0.25) is 44.3 Å². The van der Waals surface area contributed by atoms with E-state index in [1.807, 2.05) is 0 Å². The number of nitrogens with zero attached hydrogens (tertiary/aromatic N) is 3. The van der Waals surface area contributed by atoms with E-state index in [9.17, 15) is 5.53 Å². The first-order valence-corrected chi connectivity index (χ1v) is 27.6. The second-order valence-electron chi connectivity index (χ2n) is 15.5. The van der Waals surface area contributed by atoms with Crippen molar-refractivity contribution >= 4 is 54.5 Å². The summed E-state index contributed by atoms with van der Waals surface area (Å²) in [6, 6.07) is -0.703. The average Bonchev–Trinajstić information content (AvgIpc) is 2.95. The minimum Gasteiger partial charge on any atom is -0.423 e. The molecule has 0 saturated carbocycles. The Morgan fingerprint density at radius 3 is 1.36 bits per heavy atom. The van der Waals surface area contributed by atoms with Gasteiger partial charge in [-0.1, -0.05) is 122 Å². The highest BCUT2D eigenvalue weighted by Gasteiger charge is 2.61. The van der Waals surface area contributed by atoms with Gasteiger partial charge in [0.25, 0.3) is 15.3 Å². The molecule has 47 heavy (non-hydrogen) atoms. The fraction of sp³-hybridized carbons (Fsp3) is 0.938. The van der Waals surface area contributed by atoms with E-state index in [-0.39, 0.29) is 57.5 Å². The van der Waals surface area contributed by atoms with E-state index in [0.717, 1.165) is 0 Å². The van der Waals surface area contributed by atoms with E-state index < -0.39 is 56.9 Å². The molecule has 0 spiro atoms. The van der Waals surface area contributed by atoms with Gasteiger partial charge >= 0.3 is 17.1 Å². The number of hydrogen-bond acceptors (Lipinski definition) is 7. The average molecular weight is 773 g/mol. The van der Waals surface area contributed by atoms with Crippen molar-refractivity contribution in [3.63, 3.8) is 0 Å². The molecule has 1 aliphatic heterocycles. The molecule has 1 heterocycles. The first-order chi connectivity index (χ1) is 21.5. The smallest absolute Gasteiger partial charge is 0.334 e. The van der Waals surface area contributed by atoms with Crippen LogP contribution in [-0.4, -0.2) is 70.1 Å². The third-order valence-corrected chi connectivity index (χ3v) is 35.3. The second-order valence-corrected chi connectivity index (χ2v) is 36.1. The highest BCUT2D eigenvalue weighted by molar-refractivity contribution is 7.20. The lowest BCUT2D eigenvalue weighted by Gasteiger charge is -2.53. The summed E-state index contributed by atoms with van der Waals surface area (Å²) in [5.74, 6) is 0. The van der Waals surface area contributed by atoms with Crippen LogP contribution < -0.4 is 0 Å². The van der Waals surface area contributed by atoms with Crippen LogP contribution in [0.25, 0.3) is 10.4 Å². The lowest BCUT2D eigenvalue weighted by atomic mass is 10.0. The van der Waals surface area contributed by atoms with E-state index in [2.05, 4.69) is 127 Å². The van der Waals surface area contributed by atoms with Gasteiger partial charge in [0.15, 0.2) is 6.29 Å².